The fourth-order valence-corrected chi connectivity index (χ4v) is 1.58. The number of aliphatic hydroxyl groups excluding tert-OH is 1. The maximum Gasteiger partial charge on any atom is 0.0861 e. The van der Waals surface area contributed by atoms with Crippen molar-refractivity contribution in [3.8, 4) is 0 Å². The summed E-state index contributed by atoms with van der Waals surface area (Å²) in [6.45, 7) is 2.10. The van der Waals surface area contributed by atoms with E-state index in [0.717, 1.165) is 12.8 Å². The van der Waals surface area contributed by atoms with Crippen LogP contribution in [0.15, 0.2) is 12.2 Å². The molecule has 11 heavy (non-hydrogen) atoms. The van der Waals surface area contributed by atoms with Crippen LogP contribution in [0.4, 0.5) is 0 Å². The number of ether oxygens (including phenoxy) is 1. The summed E-state index contributed by atoms with van der Waals surface area (Å²) in [5.41, 5.74) is 0. The number of hydrogen-bond donors (Lipinski definition) is 1. The molecule has 64 valence electrons. The quantitative estimate of drug-likeness (QED) is 0.581. The maximum atomic E-state index is 9.54. The maximum absolute atomic E-state index is 9.54. The van der Waals surface area contributed by atoms with E-state index in [4.69, 9.17) is 4.74 Å². The highest BCUT2D eigenvalue weighted by Gasteiger charge is 2.24. The summed E-state index contributed by atoms with van der Waals surface area (Å²) in [5.74, 6) is 0.425. The molecule has 1 aliphatic carbocycles. The Morgan fingerprint density at radius 1 is 1.36 bits per heavy atom. The van der Waals surface area contributed by atoms with Crippen LogP contribution >= 0.6 is 0 Å². The molecule has 0 saturated heterocycles. The van der Waals surface area contributed by atoms with Crippen molar-refractivity contribution in [3.05, 3.63) is 12.2 Å². The average molecular weight is 156 g/mol. The van der Waals surface area contributed by atoms with Crippen LogP contribution in [0.5, 0.6) is 0 Å². The molecular weight excluding hydrogens is 140 g/mol. The zero-order valence-electron chi connectivity index (χ0n) is 7.16. The van der Waals surface area contributed by atoms with Crippen LogP contribution in [-0.4, -0.2) is 24.4 Å². The molecule has 1 rings (SSSR count). The lowest BCUT2D eigenvalue weighted by Gasteiger charge is -2.24. The molecule has 3 unspecified atom stereocenters. The molecule has 1 aliphatic rings. The van der Waals surface area contributed by atoms with Crippen LogP contribution in [0.2, 0.25) is 0 Å². The van der Waals surface area contributed by atoms with E-state index < -0.39 is 0 Å². The highest BCUT2D eigenvalue weighted by Crippen LogP contribution is 2.20. The minimum atomic E-state index is -0.325. The molecule has 0 aromatic rings. The standard InChI is InChI=1S/C9H16O2/c1-7-5-3-4-6-8(10)9(7)11-2/h3-4,7-10H,5-6H2,1-2H3. The minimum Gasteiger partial charge on any atom is -0.390 e. The van der Waals surface area contributed by atoms with Crippen molar-refractivity contribution in [2.24, 2.45) is 5.92 Å². The molecule has 0 amide bonds. The Kier molecular flexibility index (Phi) is 3.09. The summed E-state index contributed by atoms with van der Waals surface area (Å²) in [6.07, 6.45) is 5.56. The highest BCUT2D eigenvalue weighted by molar-refractivity contribution is 4.94. The van der Waals surface area contributed by atoms with Crippen LogP contribution in [0, 0.1) is 5.92 Å². The SMILES string of the molecule is COC1C(C)CC=CCC1O. The van der Waals surface area contributed by atoms with Crippen LogP contribution in [0.1, 0.15) is 19.8 Å². The van der Waals surface area contributed by atoms with E-state index in [1.54, 1.807) is 7.11 Å². The molecule has 0 fully saturated rings. The van der Waals surface area contributed by atoms with E-state index in [0.29, 0.717) is 5.92 Å². The summed E-state index contributed by atoms with van der Waals surface area (Å²) < 4.78 is 5.21. The van der Waals surface area contributed by atoms with Crippen molar-refractivity contribution < 1.29 is 9.84 Å². The Morgan fingerprint density at radius 2 is 2.00 bits per heavy atom. The van der Waals surface area contributed by atoms with E-state index in [1.165, 1.54) is 0 Å². The molecule has 0 aromatic carbocycles. The zero-order chi connectivity index (χ0) is 8.27. The Balaban J connectivity index is 2.58. The van der Waals surface area contributed by atoms with Crippen molar-refractivity contribution >= 4 is 0 Å². The van der Waals surface area contributed by atoms with Gasteiger partial charge in [-0.3, -0.25) is 0 Å². The Bertz CT molecular complexity index is 128. The second-order valence-electron chi connectivity index (χ2n) is 3.19. The number of rotatable bonds is 1. The van der Waals surface area contributed by atoms with Gasteiger partial charge >= 0.3 is 0 Å². The number of hydrogen-bond acceptors (Lipinski definition) is 2. The average Bonchev–Trinajstić information content (AvgIpc) is 2.12. The minimum absolute atomic E-state index is 0.00463. The summed E-state index contributed by atoms with van der Waals surface area (Å²) in [4.78, 5) is 0. The number of aliphatic hydroxyl groups is 1. The van der Waals surface area contributed by atoms with Crippen LogP contribution in [0.25, 0.3) is 0 Å². The third-order valence-electron chi connectivity index (χ3n) is 2.26. The first kappa shape index (κ1) is 8.75. The van der Waals surface area contributed by atoms with Gasteiger partial charge in [-0.25, -0.2) is 0 Å². The van der Waals surface area contributed by atoms with E-state index in [1.807, 2.05) is 6.08 Å². The summed E-state index contributed by atoms with van der Waals surface area (Å²) in [6, 6.07) is 0. The zero-order valence-corrected chi connectivity index (χ0v) is 7.16. The van der Waals surface area contributed by atoms with Crippen molar-refractivity contribution in [2.75, 3.05) is 7.11 Å². The van der Waals surface area contributed by atoms with Gasteiger partial charge in [0, 0.05) is 7.11 Å². The Labute approximate surface area is 67.9 Å². The summed E-state index contributed by atoms with van der Waals surface area (Å²) in [7, 11) is 1.66. The topological polar surface area (TPSA) is 29.5 Å². The van der Waals surface area contributed by atoms with Gasteiger partial charge < -0.3 is 9.84 Å². The molecule has 0 aliphatic heterocycles. The molecule has 2 nitrogen and oxygen atoms in total. The van der Waals surface area contributed by atoms with E-state index in [-0.39, 0.29) is 12.2 Å². The predicted molar refractivity (Wildman–Crippen MR) is 44.3 cm³/mol. The smallest absolute Gasteiger partial charge is 0.0861 e. The highest BCUT2D eigenvalue weighted by atomic mass is 16.5. The van der Waals surface area contributed by atoms with Gasteiger partial charge in [0.15, 0.2) is 0 Å². The fourth-order valence-electron chi connectivity index (χ4n) is 1.58. The second-order valence-corrected chi connectivity index (χ2v) is 3.19. The van der Waals surface area contributed by atoms with Crippen molar-refractivity contribution in [2.45, 2.75) is 32.0 Å². The van der Waals surface area contributed by atoms with Gasteiger partial charge in [0.05, 0.1) is 12.2 Å². The lowest BCUT2D eigenvalue weighted by atomic mass is 9.98. The van der Waals surface area contributed by atoms with Crippen molar-refractivity contribution in [1.82, 2.24) is 0 Å². The van der Waals surface area contributed by atoms with Gasteiger partial charge in [-0.2, -0.15) is 0 Å². The first-order valence-corrected chi connectivity index (χ1v) is 4.11. The molecule has 0 aromatic heterocycles. The summed E-state index contributed by atoms with van der Waals surface area (Å²) in [5, 5.41) is 9.54. The van der Waals surface area contributed by atoms with Gasteiger partial charge in [-0.05, 0) is 18.8 Å². The van der Waals surface area contributed by atoms with Gasteiger partial charge in [-0.15, -0.1) is 0 Å². The van der Waals surface area contributed by atoms with Gasteiger partial charge in [0.1, 0.15) is 0 Å². The normalized spacial score (nSPS) is 38.6. The van der Waals surface area contributed by atoms with Gasteiger partial charge in [0.2, 0.25) is 0 Å². The fraction of sp³-hybridized carbons (Fsp3) is 0.778. The third kappa shape index (κ3) is 2.04. The first-order chi connectivity index (χ1) is 5.25. The molecule has 0 bridgehead atoms. The lowest BCUT2D eigenvalue weighted by Crippen LogP contribution is -2.32. The van der Waals surface area contributed by atoms with Crippen LogP contribution < -0.4 is 0 Å². The predicted octanol–water partition coefficient (Wildman–Crippen LogP) is 1.35. The summed E-state index contributed by atoms with van der Waals surface area (Å²) >= 11 is 0. The van der Waals surface area contributed by atoms with E-state index in [9.17, 15) is 5.11 Å². The second kappa shape index (κ2) is 3.88. The molecule has 2 heteroatoms. The van der Waals surface area contributed by atoms with Crippen LogP contribution in [-0.2, 0) is 4.74 Å². The largest absolute Gasteiger partial charge is 0.390 e. The van der Waals surface area contributed by atoms with E-state index >= 15 is 0 Å². The molecule has 0 spiro atoms. The number of allylic oxidation sites excluding steroid dienone is 1. The van der Waals surface area contributed by atoms with Gasteiger partial charge in [0.25, 0.3) is 0 Å². The molecule has 0 radical (unpaired) electrons. The third-order valence-corrected chi connectivity index (χ3v) is 2.26. The number of methoxy groups -OCH3 is 1. The van der Waals surface area contributed by atoms with E-state index in [2.05, 4.69) is 13.0 Å². The molecule has 0 saturated carbocycles. The molecule has 3 atom stereocenters. The van der Waals surface area contributed by atoms with Crippen molar-refractivity contribution in [1.29, 1.82) is 0 Å². The van der Waals surface area contributed by atoms with Crippen LogP contribution in [0.3, 0.4) is 0 Å². The van der Waals surface area contributed by atoms with Gasteiger partial charge in [-0.1, -0.05) is 19.1 Å². The Hall–Kier alpha value is -0.340. The first-order valence-electron chi connectivity index (χ1n) is 4.11. The Morgan fingerprint density at radius 3 is 2.64 bits per heavy atom. The molecule has 0 heterocycles. The molecule has 1 N–H and O–H groups in total. The van der Waals surface area contributed by atoms with Crippen molar-refractivity contribution in [3.63, 3.8) is 0 Å². The molecular formula is C9H16O2. The monoisotopic (exact) mass is 156 g/mol. The lowest BCUT2D eigenvalue weighted by molar-refractivity contribution is -0.0369.